The van der Waals surface area contributed by atoms with Crippen LogP contribution in [0.1, 0.15) is 30.4 Å². The molecule has 1 saturated heterocycles. The van der Waals surface area contributed by atoms with Crippen molar-refractivity contribution in [2.45, 2.75) is 55.6 Å². The first kappa shape index (κ1) is 26.6. The van der Waals surface area contributed by atoms with Gasteiger partial charge in [0.15, 0.2) is 23.4 Å². The first-order chi connectivity index (χ1) is 16.0. The van der Waals surface area contributed by atoms with Gasteiger partial charge >= 0.3 is 24.3 Å². The molecule has 0 radical (unpaired) electrons. The molecule has 0 amide bonds. The molecule has 1 aromatic carbocycles. The molecule has 35 heavy (non-hydrogen) atoms. The average molecular weight is 513 g/mol. The molecular formula is C21H21F6NO7. The molecule has 5 rings (SSSR count). The number of phenolic OH excluding ortho intramolecular Hbond substituents is 1. The lowest BCUT2D eigenvalue weighted by molar-refractivity contribution is -0.193. The summed E-state index contributed by atoms with van der Waals surface area (Å²) in [6, 6.07) is 4.26. The zero-order valence-electron chi connectivity index (χ0n) is 18.1. The van der Waals surface area contributed by atoms with Crippen molar-refractivity contribution < 1.29 is 60.8 Å². The lowest BCUT2D eigenvalue weighted by Gasteiger charge is -2.57. The van der Waals surface area contributed by atoms with E-state index >= 15 is 0 Å². The fourth-order valence-corrected chi connectivity index (χ4v) is 5.52. The number of aliphatic carboxylic acids is 2. The lowest BCUT2D eigenvalue weighted by atomic mass is 9.52. The molecule has 2 heterocycles. The molecule has 4 aliphatic rings. The second-order valence-corrected chi connectivity index (χ2v) is 8.71. The number of piperidine rings is 1. The van der Waals surface area contributed by atoms with Gasteiger partial charge in [0.05, 0.1) is 0 Å². The minimum atomic E-state index is -5.08. The second kappa shape index (κ2) is 8.88. The van der Waals surface area contributed by atoms with Crippen LogP contribution in [0.15, 0.2) is 12.1 Å². The molecule has 14 heteroatoms. The number of phenols is 1. The molecule has 4 atom stereocenters. The van der Waals surface area contributed by atoms with Crippen LogP contribution in [0.3, 0.4) is 0 Å². The van der Waals surface area contributed by atoms with Crippen molar-refractivity contribution in [1.29, 1.82) is 0 Å². The Balaban J connectivity index is 0.000000205. The number of ether oxygens (including phenoxy) is 1. The van der Waals surface area contributed by atoms with E-state index < -0.39 is 24.3 Å². The summed E-state index contributed by atoms with van der Waals surface area (Å²) in [6.07, 6.45) is -6.98. The number of ketones is 1. The standard InChI is InChI=1S/C17H19NO3.2C2HF3O2/c1-18-7-6-17-10-3-5-13(20)16(17)21-15-12(19)4-2-9(14(15)17)8-11(10)18;2*3-2(4,5)1(6)7/h2,4,10-11,16,19H,3,5-8H2,1H3;2*(H,6,7)/t10-,11+,16-,17-;;/m0../s1. The van der Waals surface area contributed by atoms with Gasteiger partial charge in [0.25, 0.3) is 0 Å². The van der Waals surface area contributed by atoms with Gasteiger partial charge in [-0.15, -0.1) is 0 Å². The number of carboxylic acids is 2. The third-order valence-electron chi connectivity index (χ3n) is 6.87. The van der Waals surface area contributed by atoms with E-state index in [1.807, 2.05) is 6.07 Å². The molecule has 3 N–H and O–H groups in total. The van der Waals surface area contributed by atoms with Crippen LogP contribution in [0, 0.1) is 5.92 Å². The van der Waals surface area contributed by atoms with Crippen LogP contribution in [0.25, 0.3) is 0 Å². The molecule has 1 saturated carbocycles. The summed E-state index contributed by atoms with van der Waals surface area (Å²) in [4.78, 5) is 32.7. The van der Waals surface area contributed by atoms with Crippen molar-refractivity contribution in [2.24, 2.45) is 5.92 Å². The zero-order valence-corrected chi connectivity index (χ0v) is 18.1. The Bertz CT molecular complexity index is 1020. The number of nitrogens with zero attached hydrogens (tertiary/aromatic N) is 1. The van der Waals surface area contributed by atoms with Gasteiger partial charge in [-0.2, -0.15) is 26.3 Å². The highest BCUT2D eigenvalue weighted by molar-refractivity contribution is 5.89. The predicted octanol–water partition coefficient (Wildman–Crippen LogP) is 2.90. The summed E-state index contributed by atoms with van der Waals surface area (Å²) in [7, 11) is 2.20. The highest BCUT2D eigenvalue weighted by Crippen LogP contribution is 2.62. The van der Waals surface area contributed by atoms with Gasteiger partial charge in [-0.25, -0.2) is 9.59 Å². The summed E-state index contributed by atoms with van der Waals surface area (Å²) in [6.45, 7) is 1.00. The third kappa shape index (κ3) is 4.62. The molecule has 1 aromatic rings. The quantitative estimate of drug-likeness (QED) is 0.453. The second-order valence-electron chi connectivity index (χ2n) is 8.71. The van der Waals surface area contributed by atoms with E-state index in [-0.39, 0.29) is 23.1 Å². The topological polar surface area (TPSA) is 124 Å². The van der Waals surface area contributed by atoms with E-state index in [1.165, 1.54) is 5.56 Å². The molecular weight excluding hydrogens is 492 g/mol. The third-order valence-corrected chi connectivity index (χ3v) is 6.87. The smallest absolute Gasteiger partial charge is 0.490 e. The fourth-order valence-electron chi connectivity index (χ4n) is 5.52. The number of carbonyl (C=O) groups excluding carboxylic acids is 1. The first-order valence-corrected chi connectivity index (χ1v) is 10.4. The number of likely N-dealkylation sites (N-methyl/N-ethyl adjacent to an activating group) is 1. The Morgan fingerprint density at radius 1 is 1.09 bits per heavy atom. The van der Waals surface area contributed by atoms with E-state index in [9.17, 15) is 36.2 Å². The van der Waals surface area contributed by atoms with Crippen LogP contribution >= 0.6 is 0 Å². The van der Waals surface area contributed by atoms with Gasteiger partial charge in [-0.05, 0) is 50.4 Å². The summed E-state index contributed by atoms with van der Waals surface area (Å²) in [5, 5.41) is 24.4. The van der Waals surface area contributed by atoms with Crippen LogP contribution in [0.2, 0.25) is 0 Å². The highest BCUT2D eigenvalue weighted by Gasteiger charge is 2.65. The Labute approximate surface area is 194 Å². The zero-order chi connectivity index (χ0) is 26.5. The number of halogens is 6. The Kier molecular flexibility index (Phi) is 6.74. The molecule has 1 spiro atoms. The maximum Gasteiger partial charge on any atom is 0.490 e. The van der Waals surface area contributed by atoms with Gasteiger partial charge in [-0.1, -0.05) is 6.07 Å². The molecule has 8 nitrogen and oxygen atoms in total. The number of aromatic hydroxyl groups is 1. The number of rotatable bonds is 0. The number of benzene rings is 1. The number of hydrogen-bond acceptors (Lipinski definition) is 6. The summed E-state index contributed by atoms with van der Waals surface area (Å²) in [5.41, 5.74) is 2.26. The average Bonchev–Trinajstić information content (AvgIpc) is 3.09. The first-order valence-electron chi connectivity index (χ1n) is 10.4. The van der Waals surface area contributed by atoms with E-state index in [4.69, 9.17) is 24.5 Å². The molecule has 194 valence electrons. The number of hydrogen-bond donors (Lipinski definition) is 3. The number of carbonyl (C=O) groups is 3. The number of likely N-dealkylation sites (tertiary alicyclic amines) is 1. The molecule has 0 unspecified atom stereocenters. The van der Waals surface area contributed by atoms with Gasteiger partial charge in [0.2, 0.25) is 0 Å². The maximum absolute atomic E-state index is 12.5. The minimum Gasteiger partial charge on any atom is -0.504 e. The summed E-state index contributed by atoms with van der Waals surface area (Å²) in [5.74, 6) is -4.02. The lowest BCUT2D eigenvalue weighted by Crippen LogP contribution is -2.65. The highest BCUT2D eigenvalue weighted by atomic mass is 19.4. The van der Waals surface area contributed by atoms with Crippen LogP contribution in [-0.4, -0.2) is 76.0 Å². The molecule has 2 aliphatic heterocycles. The van der Waals surface area contributed by atoms with Crippen molar-refractivity contribution in [1.82, 2.24) is 4.90 Å². The summed E-state index contributed by atoms with van der Waals surface area (Å²) < 4.78 is 69.5. The molecule has 2 fully saturated rings. The number of Topliss-reactive ketones (excluding diaryl/α,β-unsaturated/α-hetero) is 1. The van der Waals surface area contributed by atoms with Crippen LogP contribution in [-0.2, 0) is 26.2 Å². The van der Waals surface area contributed by atoms with Gasteiger partial charge in [0.1, 0.15) is 0 Å². The largest absolute Gasteiger partial charge is 0.504 e. The predicted molar refractivity (Wildman–Crippen MR) is 104 cm³/mol. The SMILES string of the molecule is CN1CC[C@]23c4c5ccc(O)c4O[C@H]2C(=O)CC[C@H]3[C@H]1C5.O=C(O)C(F)(F)F.O=C(O)C(F)(F)F. The Morgan fingerprint density at radius 3 is 2.14 bits per heavy atom. The Hall–Kier alpha value is -3.03. The number of carboxylic acid groups (broad SMARTS) is 2. The molecule has 2 aliphatic carbocycles. The van der Waals surface area contributed by atoms with Gasteiger partial charge < -0.3 is 25.0 Å². The summed E-state index contributed by atoms with van der Waals surface area (Å²) >= 11 is 0. The normalized spacial score (nSPS) is 28.4. The van der Waals surface area contributed by atoms with E-state index in [2.05, 4.69) is 11.9 Å². The van der Waals surface area contributed by atoms with Crippen molar-refractivity contribution in [2.75, 3.05) is 13.6 Å². The molecule has 0 aromatic heterocycles. The van der Waals surface area contributed by atoms with Gasteiger partial charge in [-0.3, -0.25) is 4.79 Å². The van der Waals surface area contributed by atoms with Crippen molar-refractivity contribution >= 4 is 17.7 Å². The fraction of sp³-hybridized carbons (Fsp3) is 0.571. The monoisotopic (exact) mass is 513 g/mol. The van der Waals surface area contributed by atoms with Crippen LogP contribution < -0.4 is 4.74 Å². The van der Waals surface area contributed by atoms with E-state index in [1.54, 1.807) is 6.07 Å². The van der Waals surface area contributed by atoms with Crippen molar-refractivity contribution in [3.63, 3.8) is 0 Å². The Morgan fingerprint density at radius 2 is 1.63 bits per heavy atom. The maximum atomic E-state index is 12.5. The van der Waals surface area contributed by atoms with Crippen molar-refractivity contribution in [3.05, 3.63) is 23.3 Å². The number of alkyl halides is 6. The van der Waals surface area contributed by atoms with Gasteiger partial charge in [0, 0.05) is 23.4 Å². The van der Waals surface area contributed by atoms with E-state index in [0.717, 1.165) is 31.4 Å². The minimum absolute atomic E-state index is 0.172. The van der Waals surface area contributed by atoms with E-state index in [0.29, 0.717) is 24.1 Å². The van der Waals surface area contributed by atoms with Crippen LogP contribution in [0.5, 0.6) is 11.5 Å². The van der Waals surface area contributed by atoms with Crippen molar-refractivity contribution in [3.8, 4) is 11.5 Å². The molecule has 2 bridgehead atoms. The van der Waals surface area contributed by atoms with Crippen LogP contribution in [0.4, 0.5) is 26.3 Å².